The van der Waals surface area contributed by atoms with Crippen LogP contribution in [0.1, 0.15) is 40.1 Å². The van der Waals surface area contributed by atoms with Gasteiger partial charge in [-0.3, -0.25) is 19.5 Å². The number of hydrogen-bond donors (Lipinski definition) is 0. The molecule has 140 valence electrons. The SMILES string of the molecule is O=C(CN1C(=O)CN=C(c2cccs2)c2c1sc1c2CCC1)N1CCCC1. The lowest BCUT2D eigenvalue weighted by atomic mass is 10.0. The molecule has 2 aromatic heterocycles. The monoisotopic (exact) mass is 399 g/mol. The van der Waals surface area contributed by atoms with Crippen LogP contribution in [-0.2, 0) is 22.4 Å². The number of hydrogen-bond acceptors (Lipinski definition) is 5. The first-order valence-corrected chi connectivity index (χ1v) is 11.2. The quantitative estimate of drug-likeness (QED) is 0.796. The Kier molecular flexibility index (Phi) is 4.36. The minimum absolute atomic E-state index is 0.0555. The van der Waals surface area contributed by atoms with Crippen molar-refractivity contribution in [3.8, 4) is 0 Å². The summed E-state index contributed by atoms with van der Waals surface area (Å²) < 4.78 is 0. The Bertz CT molecular complexity index is 923. The van der Waals surface area contributed by atoms with E-state index in [1.807, 2.05) is 16.3 Å². The molecular formula is C20H21N3O2S2. The molecule has 2 amide bonds. The lowest BCUT2D eigenvalue weighted by Crippen LogP contribution is -2.42. The molecule has 1 fully saturated rings. The molecule has 5 rings (SSSR count). The van der Waals surface area contributed by atoms with Crippen LogP contribution in [0.25, 0.3) is 0 Å². The van der Waals surface area contributed by atoms with E-state index in [0.717, 1.165) is 66.3 Å². The molecule has 27 heavy (non-hydrogen) atoms. The second kappa shape index (κ2) is 6.87. The maximum absolute atomic E-state index is 12.9. The van der Waals surface area contributed by atoms with Crippen LogP contribution in [0.5, 0.6) is 0 Å². The summed E-state index contributed by atoms with van der Waals surface area (Å²) >= 11 is 3.35. The van der Waals surface area contributed by atoms with E-state index in [0.29, 0.717) is 0 Å². The topological polar surface area (TPSA) is 53.0 Å². The fourth-order valence-corrected chi connectivity index (χ4v) is 6.37. The van der Waals surface area contributed by atoms with Crippen LogP contribution in [-0.4, -0.2) is 48.6 Å². The van der Waals surface area contributed by atoms with Crippen LogP contribution >= 0.6 is 22.7 Å². The van der Waals surface area contributed by atoms with Gasteiger partial charge in [-0.15, -0.1) is 22.7 Å². The molecule has 0 atom stereocenters. The number of rotatable bonds is 3. The first-order chi connectivity index (χ1) is 13.2. The maximum atomic E-state index is 12.9. The van der Waals surface area contributed by atoms with Crippen molar-refractivity contribution < 1.29 is 9.59 Å². The maximum Gasteiger partial charge on any atom is 0.249 e. The largest absolute Gasteiger partial charge is 0.341 e. The molecule has 0 spiro atoms. The van der Waals surface area contributed by atoms with Crippen molar-refractivity contribution in [1.29, 1.82) is 0 Å². The number of aryl methyl sites for hydroxylation is 1. The summed E-state index contributed by atoms with van der Waals surface area (Å²) in [5, 5.41) is 2.98. The highest BCUT2D eigenvalue weighted by molar-refractivity contribution is 7.17. The van der Waals surface area contributed by atoms with Crippen molar-refractivity contribution in [2.75, 3.05) is 31.1 Å². The van der Waals surface area contributed by atoms with Crippen molar-refractivity contribution >= 4 is 45.2 Å². The van der Waals surface area contributed by atoms with Gasteiger partial charge in [0.15, 0.2) is 0 Å². The number of nitrogens with zero attached hydrogens (tertiary/aromatic N) is 3. The van der Waals surface area contributed by atoms with Crippen molar-refractivity contribution in [3.05, 3.63) is 38.4 Å². The van der Waals surface area contributed by atoms with E-state index in [2.05, 4.69) is 6.07 Å². The Morgan fingerprint density at radius 2 is 2.04 bits per heavy atom. The Morgan fingerprint density at radius 1 is 1.19 bits per heavy atom. The fraction of sp³-hybridized carbons (Fsp3) is 0.450. The Morgan fingerprint density at radius 3 is 2.81 bits per heavy atom. The van der Waals surface area contributed by atoms with E-state index in [1.165, 1.54) is 10.4 Å². The molecule has 0 bridgehead atoms. The highest BCUT2D eigenvalue weighted by Gasteiger charge is 2.35. The molecule has 0 aromatic carbocycles. The van der Waals surface area contributed by atoms with Gasteiger partial charge >= 0.3 is 0 Å². The van der Waals surface area contributed by atoms with Gasteiger partial charge in [0.2, 0.25) is 11.8 Å². The summed E-state index contributed by atoms with van der Waals surface area (Å²) in [6.07, 6.45) is 5.38. The Balaban J connectivity index is 1.57. The first-order valence-electron chi connectivity index (χ1n) is 9.54. The zero-order valence-corrected chi connectivity index (χ0v) is 16.7. The first kappa shape index (κ1) is 17.1. The third-order valence-corrected chi connectivity index (χ3v) is 7.76. The molecule has 1 saturated heterocycles. The lowest BCUT2D eigenvalue weighted by Gasteiger charge is -2.23. The van der Waals surface area contributed by atoms with Crippen molar-refractivity contribution in [1.82, 2.24) is 4.90 Å². The molecule has 1 aliphatic carbocycles. The summed E-state index contributed by atoms with van der Waals surface area (Å²) in [4.78, 5) is 36.5. The molecule has 0 N–H and O–H groups in total. The van der Waals surface area contributed by atoms with Gasteiger partial charge < -0.3 is 4.90 Å². The molecule has 0 radical (unpaired) electrons. The van der Waals surface area contributed by atoms with Crippen LogP contribution < -0.4 is 4.90 Å². The van der Waals surface area contributed by atoms with Crippen LogP contribution in [0, 0.1) is 0 Å². The number of anilines is 1. The zero-order valence-electron chi connectivity index (χ0n) is 15.1. The summed E-state index contributed by atoms with van der Waals surface area (Å²) in [5.74, 6) is -0.0183. The standard InChI is InChI=1S/C20H21N3O2S2/c24-16-11-21-19(15-7-4-10-26-15)18-13-5-3-6-14(13)27-20(18)23(16)12-17(25)22-8-1-2-9-22/h4,7,10H,1-3,5-6,8-9,11-12H2. The van der Waals surface area contributed by atoms with Gasteiger partial charge in [-0.2, -0.15) is 0 Å². The van der Waals surface area contributed by atoms with Crippen LogP contribution in [0.3, 0.4) is 0 Å². The summed E-state index contributed by atoms with van der Waals surface area (Å²) in [6, 6.07) is 4.10. The average Bonchev–Trinajstić information content (AvgIpc) is 3.44. The highest BCUT2D eigenvalue weighted by atomic mass is 32.1. The van der Waals surface area contributed by atoms with Gasteiger partial charge in [-0.05, 0) is 49.1 Å². The smallest absolute Gasteiger partial charge is 0.249 e. The van der Waals surface area contributed by atoms with Gasteiger partial charge in [-0.25, -0.2) is 0 Å². The molecule has 0 unspecified atom stereocenters. The van der Waals surface area contributed by atoms with E-state index in [1.54, 1.807) is 27.6 Å². The third kappa shape index (κ3) is 2.93. The van der Waals surface area contributed by atoms with E-state index in [4.69, 9.17) is 4.99 Å². The number of likely N-dealkylation sites (tertiary alicyclic amines) is 1. The molecule has 7 heteroatoms. The second-order valence-corrected chi connectivity index (χ2v) is 9.28. The van der Waals surface area contributed by atoms with Gasteiger partial charge in [0.25, 0.3) is 0 Å². The van der Waals surface area contributed by atoms with Gasteiger partial charge in [-0.1, -0.05) is 6.07 Å². The van der Waals surface area contributed by atoms with E-state index in [9.17, 15) is 9.59 Å². The predicted octanol–water partition coefficient (Wildman–Crippen LogP) is 3.10. The van der Waals surface area contributed by atoms with Gasteiger partial charge in [0.1, 0.15) is 18.1 Å². The van der Waals surface area contributed by atoms with Crippen LogP contribution in [0.2, 0.25) is 0 Å². The van der Waals surface area contributed by atoms with Crippen molar-refractivity contribution in [2.45, 2.75) is 32.1 Å². The minimum Gasteiger partial charge on any atom is -0.341 e. The van der Waals surface area contributed by atoms with E-state index in [-0.39, 0.29) is 24.9 Å². The third-order valence-electron chi connectivity index (χ3n) is 5.56. The molecule has 3 aliphatic rings. The number of amides is 2. The molecule has 2 aromatic rings. The minimum atomic E-state index is -0.0738. The van der Waals surface area contributed by atoms with Crippen LogP contribution in [0.4, 0.5) is 5.00 Å². The lowest BCUT2D eigenvalue weighted by molar-refractivity contribution is -0.130. The van der Waals surface area contributed by atoms with E-state index >= 15 is 0 Å². The number of fused-ring (bicyclic) bond motifs is 3. The van der Waals surface area contributed by atoms with Crippen LogP contribution in [0.15, 0.2) is 22.5 Å². The van der Waals surface area contributed by atoms with Crippen molar-refractivity contribution in [2.24, 2.45) is 4.99 Å². The predicted molar refractivity (Wildman–Crippen MR) is 109 cm³/mol. The number of carbonyl (C=O) groups excluding carboxylic acids is 2. The van der Waals surface area contributed by atoms with Gasteiger partial charge in [0.05, 0.1) is 10.6 Å². The average molecular weight is 400 g/mol. The molecule has 2 aliphatic heterocycles. The highest BCUT2D eigenvalue weighted by Crippen LogP contribution is 2.43. The Labute approximate surface area is 166 Å². The molecule has 0 saturated carbocycles. The Hall–Kier alpha value is -1.99. The van der Waals surface area contributed by atoms with Crippen molar-refractivity contribution in [3.63, 3.8) is 0 Å². The zero-order chi connectivity index (χ0) is 18.4. The number of thiophene rings is 2. The molecular weight excluding hydrogens is 378 g/mol. The number of aliphatic imine (C=N–C) groups is 1. The summed E-state index contributed by atoms with van der Waals surface area (Å²) in [6.45, 7) is 1.87. The number of carbonyl (C=O) groups is 2. The fourth-order valence-electron chi connectivity index (χ4n) is 4.22. The molecule has 5 nitrogen and oxygen atoms in total. The van der Waals surface area contributed by atoms with Gasteiger partial charge in [0, 0.05) is 23.5 Å². The summed E-state index contributed by atoms with van der Waals surface area (Å²) in [7, 11) is 0. The summed E-state index contributed by atoms with van der Waals surface area (Å²) in [5.41, 5.74) is 3.38. The van der Waals surface area contributed by atoms with E-state index < -0.39 is 0 Å². The normalized spacial score (nSPS) is 19.1. The second-order valence-electron chi connectivity index (χ2n) is 7.25. The molecule has 4 heterocycles.